The molecule has 2 fully saturated rings. The van der Waals surface area contributed by atoms with Gasteiger partial charge < -0.3 is 5.73 Å². The van der Waals surface area contributed by atoms with Crippen molar-refractivity contribution in [2.45, 2.75) is 57.0 Å². The zero-order valence-corrected chi connectivity index (χ0v) is 9.65. The molecule has 1 saturated heterocycles. The van der Waals surface area contributed by atoms with Gasteiger partial charge >= 0.3 is 0 Å². The number of piperidine rings is 1. The van der Waals surface area contributed by atoms with E-state index in [4.69, 9.17) is 5.73 Å². The highest BCUT2D eigenvalue weighted by atomic mass is 16.1. The summed E-state index contributed by atoms with van der Waals surface area (Å²) in [6, 6.07) is -0.243. The van der Waals surface area contributed by atoms with Crippen LogP contribution in [0.1, 0.15) is 44.9 Å². The monoisotopic (exact) mass is 224 g/mol. The lowest BCUT2D eigenvalue weighted by Crippen LogP contribution is -2.55. The maximum Gasteiger partial charge on any atom is 0.234 e. The minimum absolute atomic E-state index is 0.0356. The third kappa shape index (κ3) is 2.26. The standard InChI is InChI=1S/C12H20N2O2/c13-12(16)10-6-3-4-8-14(10)9-5-1-2-7-11(9)15/h9-10H,1-8H2,(H2,13,16). The summed E-state index contributed by atoms with van der Waals surface area (Å²) in [5, 5.41) is 0. The number of nitrogens with zero attached hydrogens (tertiary/aromatic N) is 1. The van der Waals surface area contributed by atoms with E-state index in [1.165, 1.54) is 0 Å². The summed E-state index contributed by atoms with van der Waals surface area (Å²) in [5.41, 5.74) is 5.42. The first-order valence-corrected chi connectivity index (χ1v) is 6.28. The van der Waals surface area contributed by atoms with Crippen LogP contribution in [0, 0.1) is 0 Å². The first kappa shape index (κ1) is 11.6. The van der Waals surface area contributed by atoms with Crippen molar-refractivity contribution in [3.8, 4) is 0 Å². The highest BCUT2D eigenvalue weighted by Crippen LogP contribution is 2.26. The zero-order valence-electron chi connectivity index (χ0n) is 9.65. The summed E-state index contributed by atoms with van der Waals surface area (Å²) >= 11 is 0. The lowest BCUT2D eigenvalue weighted by atomic mass is 9.89. The number of ketones is 1. The Hall–Kier alpha value is -0.900. The van der Waals surface area contributed by atoms with Crippen LogP contribution >= 0.6 is 0 Å². The number of amides is 1. The summed E-state index contributed by atoms with van der Waals surface area (Å²) in [6.45, 7) is 0.851. The van der Waals surface area contributed by atoms with Crippen LogP contribution in [-0.2, 0) is 9.59 Å². The molecule has 16 heavy (non-hydrogen) atoms. The fourth-order valence-corrected chi connectivity index (χ4v) is 2.95. The predicted octanol–water partition coefficient (Wildman–Crippen LogP) is 0.838. The second-order valence-corrected chi connectivity index (χ2v) is 4.88. The normalized spacial score (nSPS) is 32.6. The molecule has 0 radical (unpaired) electrons. The number of hydrogen-bond donors (Lipinski definition) is 1. The smallest absolute Gasteiger partial charge is 0.234 e. The second kappa shape index (κ2) is 4.95. The van der Waals surface area contributed by atoms with Crippen molar-refractivity contribution < 1.29 is 9.59 Å². The molecule has 0 aromatic rings. The Labute approximate surface area is 96.2 Å². The Bertz CT molecular complexity index is 291. The van der Waals surface area contributed by atoms with E-state index in [0.29, 0.717) is 12.2 Å². The molecule has 2 N–H and O–H groups in total. The number of carbonyl (C=O) groups excluding carboxylic acids is 2. The van der Waals surface area contributed by atoms with E-state index in [1.54, 1.807) is 0 Å². The quantitative estimate of drug-likeness (QED) is 0.756. The first-order chi connectivity index (χ1) is 7.70. The molecule has 4 nitrogen and oxygen atoms in total. The molecule has 4 heteroatoms. The maximum absolute atomic E-state index is 11.9. The van der Waals surface area contributed by atoms with Crippen molar-refractivity contribution in [1.82, 2.24) is 4.90 Å². The summed E-state index contributed by atoms with van der Waals surface area (Å²) in [5.74, 6) is 0.0393. The van der Waals surface area contributed by atoms with Crippen LogP contribution in [0.25, 0.3) is 0 Å². The van der Waals surface area contributed by atoms with Crippen molar-refractivity contribution >= 4 is 11.7 Å². The Morgan fingerprint density at radius 3 is 2.62 bits per heavy atom. The second-order valence-electron chi connectivity index (χ2n) is 4.88. The van der Waals surface area contributed by atoms with E-state index in [1.807, 2.05) is 0 Å². The van der Waals surface area contributed by atoms with Gasteiger partial charge in [0.05, 0.1) is 12.1 Å². The van der Waals surface area contributed by atoms with Gasteiger partial charge in [0.1, 0.15) is 5.78 Å². The van der Waals surface area contributed by atoms with E-state index in [2.05, 4.69) is 4.90 Å². The minimum atomic E-state index is -0.266. The van der Waals surface area contributed by atoms with E-state index < -0.39 is 0 Å². The molecule has 0 spiro atoms. The molecule has 1 heterocycles. The molecular weight excluding hydrogens is 204 g/mol. The number of likely N-dealkylation sites (tertiary alicyclic amines) is 1. The Morgan fingerprint density at radius 2 is 1.94 bits per heavy atom. The minimum Gasteiger partial charge on any atom is -0.368 e. The van der Waals surface area contributed by atoms with Crippen LogP contribution in [0.2, 0.25) is 0 Å². The predicted molar refractivity (Wildman–Crippen MR) is 60.8 cm³/mol. The molecule has 2 unspecified atom stereocenters. The van der Waals surface area contributed by atoms with Crippen LogP contribution < -0.4 is 5.73 Å². The molecule has 2 atom stereocenters. The number of primary amides is 1. The molecule has 1 saturated carbocycles. The van der Waals surface area contributed by atoms with Crippen LogP contribution in [0.3, 0.4) is 0 Å². The zero-order chi connectivity index (χ0) is 11.5. The van der Waals surface area contributed by atoms with Gasteiger partial charge in [-0.15, -0.1) is 0 Å². The highest BCUT2D eigenvalue weighted by Gasteiger charge is 2.36. The summed E-state index contributed by atoms with van der Waals surface area (Å²) in [4.78, 5) is 25.3. The lowest BCUT2D eigenvalue weighted by Gasteiger charge is -2.40. The maximum atomic E-state index is 11.9. The van der Waals surface area contributed by atoms with Gasteiger partial charge in [-0.2, -0.15) is 0 Å². The molecular formula is C12H20N2O2. The molecule has 1 aliphatic heterocycles. The van der Waals surface area contributed by atoms with Gasteiger partial charge in [0.25, 0.3) is 0 Å². The molecule has 1 aliphatic carbocycles. The van der Waals surface area contributed by atoms with Crippen LogP contribution in [0.4, 0.5) is 0 Å². The van der Waals surface area contributed by atoms with E-state index in [-0.39, 0.29) is 18.0 Å². The van der Waals surface area contributed by atoms with Gasteiger partial charge in [-0.05, 0) is 32.2 Å². The van der Waals surface area contributed by atoms with Crippen LogP contribution in [-0.4, -0.2) is 35.2 Å². The Balaban J connectivity index is 2.09. The Morgan fingerprint density at radius 1 is 1.19 bits per heavy atom. The average molecular weight is 224 g/mol. The topological polar surface area (TPSA) is 63.4 Å². The third-order valence-corrected chi connectivity index (χ3v) is 3.80. The van der Waals surface area contributed by atoms with Crippen molar-refractivity contribution in [3.05, 3.63) is 0 Å². The van der Waals surface area contributed by atoms with Gasteiger partial charge in [-0.25, -0.2) is 0 Å². The molecule has 0 aromatic carbocycles. The van der Waals surface area contributed by atoms with Crippen molar-refractivity contribution in [2.75, 3.05) is 6.54 Å². The fraction of sp³-hybridized carbons (Fsp3) is 0.833. The molecule has 0 bridgehead atoms. The summed E-state index contributed by atoms with van der Waals surface area (Å²) in [6.07, 6.45) is 6.62. The van der Waals surface area contributed by atoms with E-state index >= 15 is 0 Å². The molecule has 2 aliphatic rings. The van der Waals surface area contributed by atoms with Crippen molar-refractivity contribution in [2.24, 2.45) is 5.73 Å². The number of carbonyl (C=O) groups is 2. The first-order valence-electron chi connectivity index (χ1n) is 6.28. The number of Topliss-reactive ketones (excluding diaryl/α,β-unsaturated/α-hetero) is 1. The van der Waals surface area contributed by atoms with Gasteiger partial charge in [-0.3, -0.25) is 14.5 Å². The number of nitrogens with two attached hydrogens (primary N) is 1. The van der Waals surface area contributed by atoms with Crippen molar-refractivity contribution in [3.63, 3.8) is 0 Å². The third-order valence-electron chi connectivity index (χ3n) is 3.80. The average Bonchev–Trinajstić information content (AvgIpc) is 2.29. The van der Waals surface area contributed by atoms with E-state index in [9.17, 15) is 9.59 Å². The lowest BCUT2D eigenvalue weighted by molar-refractivity contribution is -0.132. The van der Waals surface area contributed by atoms with Crippen LogP contribution in [0.15, 0.2) is 0 Å². The van der Waals surface area contributed by atoms with Gasteiger partial charge in [0, 0.05) is 6.42 Å². The van der Waals surface area contributed by atoms with E-state index in [0.717, 1.165) is 45.1 Å². The van der Waals surface area contributed by atoms with Gasteiger partial charge in [0.15, 0.2) is 0 Å². The highest BCUT2D eigenvalue weighted by molar-refractivity contribution is 5.86. The Kier molecular flexibility index (Phi) is 3.59. The summed E-state index contributed by atoms with van der Waals surface area (Å²) in [7, 11) is 0. The fourth-order valence-electron chi connectivity index (χ4n) is 2.95. The number of hydrogen-bond acceptors (Lipinski definition) is 3. The molecule has 2 rings (SSSR count). The largest absolute Gasteiger partial charge is 0.368 e. The van der Waals surface area contributed by atoms with Crippen molar-refractivity contribution in [1.29, 1.82) is 0 Å². The SMILES string of the molecule is NC(=O)C1CCCCN1C1CCCCC1=O. The molecule has 0 aromatic heterocycles. The van der Waals surface area contributed by atoms with Gasteiger partial charge in [0.2, 0.25) is 5.91 Å². The molecule has 1 amide bonds. The van der Waals surface area contributed by atoms with Crippen LogP contribution in [0.5, 0.6) is 0 Å². The summed E-state index contributed by atoms with van der Waals surface area (Å²) < 4.78 is 0. The molecule has 90 valence electrons. The number of rotatable bonds is 2. The van der Waals surface area contributed by atoms with Gasteiger partial charge in [-0.1, -0.05) is 12.8 Å².